The van der Waals surface area contributed by atoms with E-state index in [1.165, 1.54) is 36.4 Å². The Morgan fingerprint density at radius 3 is 0.500 bits per heavy atom. The summed E-state index contributed by atoms with van der Waals surface area (Å²) in [6.07, 6.45) is 2.47. The van der Waals surface area contributed by atoms with Crippen LogP contribution in [0.4, 0.5) is 0 Å². The van der Waals surface area contributed by atoms with Crippen molar-refractivity contribution >= 4 is 0 Å². The van der Waals surface area contributed by atoms with Crippen LogP contribution in [0, 0.1) is 11.8 Å². The van der Waals surface area contributed by atoms with E-state index in [-0.39, 0.29) is 101 Å². The van der Waals surface area contributed by atoms with Crippen LogP contribution in [0.1, 0.15) is 51.7 Å². The summed E-state index contributed by atoms with van der Waals surface area (Å²) in [4.78, 5) is 0. The van der Waals surface area contributed by atoms with E-state index in [4.69, 9.17) is 0 Å². The molecule has 8 aromatic carbocycles. The van der Waals surface area contributed by atoms with E-state index in [2.05, 4.69) is 0 Å². The first-order chi connectivity index (χ1) is 35.0. The fourth-order valence-electron chi connectivity index (χ4n) is 9.09. The minimum Gasteiger partial charge on any atom is -0.508 e. The number of hydrogen-bond acceptors (Lipinski definition) is 16. The van der Waals surface area contributed by atoms with E-state index in [0.29, 0.717) is 24.0 Å². The smallest absolute Gasteiger partial charge is 0.127 e. The van der Waals surface area contributed by atoms with Gasteiger partial charge in [0.2, 0.25) is 0 Å². The van der Waals surface area contributed by atoms with Gasteiger partial charge in [-0.1, -0.05) is 40.5 Å². The lowest BCUT2D eigenvalue weighted by atomic mass is 9.89. The van der Waals surface area contributed by atoms with Crippen LogP contribution in [-0.2, 0) is 12.8 Å². The van der Waals surface area contributed by atoms with Gasteiger partial charge in [0, 0.05) is 126 Å². The van der Waals surface area contributed by atoms with Crippen molar-refractivity contribution in [1.82, 2.24) is 0 Å². The topological polar surface area (TPSA) is 324 Å². The van der Waals surface area contributed by atoms with Crippen LogP contribution in [0.5, 0.6) is 92.0 Å². The number of hydrogen-bond donors (Lipinski definition) is 16. The molecule has 0 fully saturated rings. The van der Waals surface area contributed by atoms with Gasteiger partial charge in [-0.25, -0.2) is 0 Å². The molecular formula is C58H54O16. The molecule has 0 aliphatic carbocycles. The van der Waals surface area contributed by atoms with Gasteiger partial charge in [0.25, 0.3) is 0 Å². The molecule has 0 unspecified atom stereocenters. The molecule has 0 heterocycles. The van der Waals surface area contributed by atoms with E-state index in [9.17, 15) is 81.7 Å². The summed E-state index contributed by atoms with van der Waals surface area (Å²) in [5.74, 6) is -7.64. The van der Waals surface area contributed by atoms with Crippen LogP contribution in [0.25, 0.3) is 77.9 Å². The molecule has 0 aliphatic rings. The highest BCUT2D eigenvalue weighted by molar-refractivity contribution is 5.95. The first kappa shape index (κ1) is 50.9. The molecular weight excluding hydrogens is 953 g/mol. The van der Waals surface area contributed by atoms with Crippen molar-refractivity contribution in [2.24, 2.45) is 11.8 Å². The summed E-state index contributed by atoms with van der Waals surface area (Å²) < 4.78 is 0. The fourth-order valence-corrected chi connectivity index (χ4v) is 9.09. The van der Waals surface area contributed by atoms with Crippen LogP contribution in [0.3, 0.4) is 0 Å². The Balaban J connectivity index is 1.23. The molecule has 16 nitrogen and oxygen atoms in total. The summed E-state index contributed by atoms with van der Waals surface area (Å²) in [5, 5.41) is 178. The van der Waals surface area contributed by atoms with Crippen molar-refractivity contribution in [2.45, 2.75) is 53.4 Å². The summed E-state index contributed by atoms with van der Waals surface area (Å²) in [7, 11) is 0. The van der Waals surface area contributed by atoms with Crippen molar-refractivity contribution in [3.8, 4) is 170 Å². The average Bonchev–Trinajstić information content (AvgIpc) is 3.32. The molecule has 0 bridgehead atoms. The van der Waals surface area contributed by atoms with Crippen LogP contribution in [0.2, 0.25) is 0 Å². The van der Waals surface area contributed by atoms with Gasteiger partial charge in [0.1, 0.15) is 92.0 Å². The van der Waals surface area contributed by atoms with E-state index in [0.717, 1.165) is 73.5 Å². The van der Waals surface area contributed by atoms with E-state index in [1.807, 2.05) is 27.7 Å². The summed E-state index contributed by atoms with van der Waals surface area (Å²) in [6.45, 7) is 7.93. The summed E-state index contributed by atoms with van der Waals surface area (Å²) in [5.41, 5.74) is -0.553. The van der Waals surface area contributed by atoms with Crippen LogP contribution in [-0.4, -0.2) is 81.7 Å². The Bertz CT molecular complexity index is 3310. The molecule has 0 spiro atoms. The lowest BCUT2D eigenvalue weighted by Crippen LogP contribution is -1.99. The maximum atomic E-state index is 11.3. The molecule has 0 radical (unpaired) electrons. The van der Waals surface area contributed by atoms with Crippen molar-refractivity contribution < 1.29 is 81.7 Å². The predicted octanol–water partition coefficient (Wildman–Crippen LogP) is 11.8. The zero-order valence-electron chi connectivity index (χ0n) is 40.4. The molecule has 0 amide bonds. The quantitative estimate of drug-likeness (QED) is 0.0510. The van der Waals surface area contributed by atoms with Crippen molar-refractivity contribution in [3.05, 3.63) is 108 Å². The Labute approximate surface area is 423 Å². The van der Waals surface area contributed by atoms with Crippen LogP contribution < -0.4 is 0 Å². The maximum Gasteiger partial charge on any atom is 0.127 e. The Morgan fingerprint density at radius 2 is 0.351 bits per heavy atom. The molecule has 0 aliphatic heterocycles. The zero-order chi connectivity index (χ0) is 53.8. The molecule has 2 atom stereocenters. The van der Waals surface area contributed by atoms with E-state index < -0.39 is 80.5 Å². The number of benzene rings is 8. The Hall–Kier alpha value is -9.44. The first-order valence-corrected chi connectivity index (χ1v) is 23.5. The molecule has 0 saturated carbocycles. The van der Waals surface area contributed by atoms with Gasteiger partial charge < -0.3 is 81.7 Å². The van der Waals surface area contributed by atoms with Gasteiger partial charge in [0.05, 0.1) is 0 Å². The Morgan fingerprint density at radius 1 is 0.216 bits per heavy atom. The Kier molecular flexibility index (Phi) is 13.5. The van der Waals surface area contributed by atoms with Gasteiger partial charge in [-0.3, -0.25) is 0 Å². The molecule has 16 N–H and O–H groups in total. The monoisotopic (exact) mass is 1010 g/mol. The molecule has 0 aromatic heterocycles. The van der Waals surface area contributed by atoms with Crippen LogP contribution in [0.15, 0.2) is 97.1 Å². The summed E-state index contributed by atoms with van der Waals surface area (Å²) >= 11 is 0. The normalized spacial score (nSPS) is 12.2. The van der Waals surface area contributed by atoms with Gasteiger partial charge in [-0.2, -0.15) is 0 Å². The predicted molar refractivity (Wildman–Crippen MR) is 277 cm³/mol. The van der Waals surface area contributed by atoms with E-state index >= 15 is 0 Å². The van der Waals surface area contributed by atoms with Gasteiger partial charge in [0.15, 0.2) is 0 Å². The number of rotatable bonds is 13. The molecule has 16 heteroatoms. The van der Waals surface area contributed by atoms with Crippen molar-refractivity contribution in [3.63, 3.8) is 0 Å². The highest BCUT2D eigenvalue weighted by atomic mass is 16.3. The second-order valence-electron chi connectivity index (χ2n) is 18.8. The molecule has 382 valence electrons. The lowest BCUT2D eigenvalue weighted by Gasteiger charge is -2.18. The maximum absolute atomic E-state index is 11.3. The van der Waals surface area contributed by atoms with Crippen molar-refractivity contribution in [2.75, 3.05) is 0 Å². The van der Waals surface area contributed by atoms with Crippen LogP contribution >= 0.6 is 0 Å². The average molecular weight is 1010 g/mol. The molecule has 8 aromatic rings. The minimum absolute atomic E-state index is 0.000134. The highest BCUT2D eigenvalue weighted by Crippen LogP contribution is 2.54. The second kappa shape index (κ2) is 19.6. The third kappa shape index (κ3) is 9.43. The number of phenols is 16. The fraction of sp³-hybridized carbons (Fsp3) is 0.172. The van der Waals surface area contributed by atoms with E-state index in [1.54, 1.807) is 0 Å². The van der Waals surface area contributed by atoms with Gasteiger partial charge >= 0.3 is 0 Å². The van der Waals surface area contributed by atoms with Gasteiger partial charge in [-0.15, -0.1) is 0 Å². The standard InChI is InChI=1S/C58H54O16/c1-5-25(3)7-27-9-29(45(61)17-43(27)59)31-11-33(49(65)19-47(31)63)35-13-37(53(69)21-51(35)67)39-15-41(57(73)23-55(39)71)42-16-40(56(72)24-58(42)74)38-14-36(52(68)22-54(38)70)34-12-32(48(64)20-50(34)66)30-10-28(8-26(4)6-2)44(60)18-46(30)62/h9-26,59-74H,5-8H2,1-4H3/t25-,26-/m1/s1. The van der Waals surface area contributed by atoms with Gasteiger partial charge in [-0.05, 0) is 84.3 Å². The minimum atomic E-state index is -0.624. The largest absolute Gasteiger partial charge is 0.508 e. The second-order valence-corrected chi connectivity index (χ2v) is 18.8. The molecule has 0 saturated heterocycles. The SMILES string of the molecule is CC[C@@H](C)Cc1cc(-c2cc(-c3cc(-c4cc(-c5cc(-c6cc(-c7cc(-c8cc(C[C@H](C)CC)c(O)cc8O)c(O)cc7O)c(O)cc6O)c(O)cc5O)c(O)cc4O)c(O)cc3O)c(O)cc2O)c(O)cc1O. The first-order valence-electron chi connectivity index (χ1n) is 23.5. The number of phenolic OH excluding ortho intramolecular Hbond substituents is 16. The zero-order valence-corrected chi connectivity index (χ0v) is 40.4. The lowest BCUT2D eigenvalue weighted by molar-refractivity contribution is 0.438. The van der Waals surface area contributed by atoms with Crippen molar-refractivity contribution in [1.29, 1.82) is 0 Å². The summed E-state index contributed by atoms with van der Waals surface area (Å²) in [6, 6.07) is 18.1. The molecule has 74 heavy (non-hydrogen) atoms. The highest BCUT2D eigenvalue weighted by Gasteiger charge is 2.26. The third-order valence-electron chi connectivity index (χ3n) is 13.6. The number of aromatic hydroxyl groups is 16. The molecule has 8 rings (SSSR count). The third-order valence-corrected chi connectivity index (χ3v) is 13.6.